The molecule has 0 aliphatic heterocycles. The first-order valence-electron chi connectivity index (χ1n) is 2.67. The number of rotatable bonds is 1. The smallest absolute Gasteiger partial charge is 0.321 e. The average molecular weight is 130 g/mol. The maximum Gasteiger partial charge on any atom is 0.321 e. The highest BCUT2D eigenvalue weighted by Gasteiger charge is 2.09. The molecule has 4 nitrogen and oxygen atoms in total. The van der Waals surface area contributed by atoms with E-state index in [1.54, 1.807) is 6.92 Å². The summed E-state index contributed by atoms with van der Waals surface area (Å²) in [5, 5.41) is 0. The van der Waals surface area contributed by atoms with E-state index in [1.165, 1.54) is 6.92 Å². The van der Waals surface area contributed by atoms with E-state index in [0.717, 1.165) is 4.90 Å². The van der Waals surface area contributed by atoms with Crippen molar-refractivity contribution < 1.29 is 9.59 Å². The van der Waals surface area contributed by atoms with Gasteiger partial charge in [-0.15, -0.1) is 0 Å². The molecule has 0 aliphatic carbocycles. The van der Waals surface area contributed by atoms with Crippen LogP contribution in [0.5, 0.6) is 0 Å². The van der Waals surface area contributed by atoms with Gasteiger partial charge in [0.15, 0.2) is 0 Å². The lowest BCUT2D eigenvalue weighted by Crippen LogP contribution is -2.38. The predicted molar refractivity (Wildman–Crippen MR) is 32.6 cm³/mol. The summed E-state index contributed by atoms with van der Waals surface area (Å²) in [7, 11) is 0. The molecular formula is C5H10N2O2. The van der Waals surface area contributed by atoms with Gasteiger partial charge in [0.1, 0.15) is 0 Å². The van der Waals surface area contributed by atoms with Crippen molar-refractivity contribution >= 4 is 11.9 Å². The quantitative estimate of drug-likeness (QED) is 0.540. The number of amides is 3. The maximum absolute atomic E-state index is 10.4. The van der Waals surface area contributed by atoms with Crippen LogP contribution in [0.15, 0.2) is 0 Å². The normalized spacial score (nSPS) is 8.67. The summed E-state index contributed by atoms with van der Waals surface area (Å²) in [6.07, 6.45) is 0. The summed E-state index contributed by atoms with van der Waals surface area (Å²) >= 11 is 0. The van der Waals surface area contributed by atoms with Crippen LogP contribution in [0.25, 0.3) is 0 Å². The molecule has 3 amide bonds. The van der Waals surface area contributed by atoms with E-state index in [4.69, 9.17) is 5.73 Å². The van der Waals surface area contributed by atoms with Gasteiger partial charge in [0.05, 0.1) is 0 Å². The van der Waals surface area contributed by atoms with Crippen LogP contribution >= 0.6 is 0 Å². The molecule has 0 aromatic carbocycles. The molecule has 2 N–H and O–H groups in total. The number of hydrogen-bond acceptors (Lipinski definition) is 2. The van der Waals surface area contributed by atoms with Gasteiger partial charge in [0, 0.05) is 13.5 Å². The number of hydrogen-bond donors (Lipinski definition) is 1. The van der Waals surface area contributed by atoms with E-state index in [9.17, 15) is 9.59 Å². The summed E-state index contributed by atoms with van der Waals surface area (Å²) in [5.74, 6) is -0.315. The van der Waals surface area contributed by atoms with Crippen molar-refractivity contribution in [2.75, 3.05) is 6.54 Å². The summed E-state index contributed by atoms with van der Waals surface area (Å²) in [4.78, 5) is 21.7. The molecule has 0 spiro atoms. The van der Waals surface area contributed by atoms with Crippen molar-refractivity contribution in [3.63, 3.8) is 0 Å². The van der Waals surface area contributed by atoms with Crippen LogP contribution in [0.2, 0.25) is 0 Å². The zero-order valence-corrected chi connectivity index (χ0v) is 5.55. The van der Waals surface area contributed by atoms with Crippen LogP contribution in [0, 0.1) is 0 Å². The van der Waals surface area contributed by atoms with Crippen LogP contribution in [-0.2, 0) is 4.79 Å². The van der Waals surface area contributed by atoms with Crippen molar-refractivity contribution in [1.82, 2.24) is 4.90 Å². The molecule has 4 heteroatoms. The standard InChI is InChI=1S/C5H10N2O2/c1-3-7(4(2)8)5(6)9/h3H2,1-2H3,(H2,6,9). The van der Waals surface area contributed by atoms with Crippen LogP contribution in [0.3, 0.4) is 0 Å². The van der Waals surface area contributed by atoms with E-state index in [2.05, 4.69) is 0 Å². The molecule has 0 saturated heterocycles. The Bertz CT molecular complexity index is 119. The third-order valence-electron chi connectivity index (χ3n) is 0.962. The molecule has 0 aromatic rings. The highest BCUT2D eigenvalue weighted by atomic mass is 16.2. The van der Waals surface area contributed by atoms with Gasteiger partial charge in [-0.05, 0) is 6.92 Å². The Balaban J connectivity index is 3.99. The molecule has 0 aromatic heterocycles. The zero-order valence-electron chi connectivity index (χ0n) is 5.55. The van der Waals surface area contributed by atoms with E-state index in [0.29, 0.717) is 6.54 Å². The molecule has 0 fully saturated rings. The van der Waals surface area contributed by atoms with E-state index >= 15 is 0 Å². The lowest BCUT2D eigenvalue weighted by molar-refractivity contribution is -0.125. The summed E-state index contributed by atoms with van der Waals surface area (Å²) in [5.41, 5.74) is 4.81. The molecular weight excluding hydrogens is 120 g/mol. The fourth-order valence-corrected chi connectivity index (χ4v) is 0.534. The molecule has 9 heavy (non-hydrogen) atoms. The van der Waals surface area contributed by atoms with Gasteiger partial charge in [-0.1, -0.05) is 0 Å². The minimum absolute atomic E-state index is 0.315. The highest BCUT2D eigenvalue weighted by Crippen LogP contribution is 1.85. The molecule has 0 unspecified atom stereocenters. The first-order valence-corrected chi connectivity index (χ1v) is 2.67. The Morgan fingerprint density at radius 2 is 2.00 bits per heavy atom. The number of carbonyl (C=O) groups excluding carboxylic acids is 2. The highest BCUT2D eigenvalue weighted by molar-refractivity contribution is 5.92. The summed E-state index contributed by atoms with van der Waals surface area (Å²) < 4.78 is 0. The van der Waals surface area contributed by atoms with Crippen LogP contribution in [0.1, 0.15) is 13.8 Å². The minimum Gasteiger partial charge on any atom is -0.351 e. The number of urea groups is 1. The second-order valence-electron chi connectivity index (χ2n) is 1.60. The van der Waals surface area contributed by atoms with Crippen LogP contribution in [0.4, 0.5) is 4.79 Å². The lowest BCUT2D eigenvalue weighted by Gasteiger charge is -2.11. The first kappa shape index (κ1) is 7.94. The molecule has 0 rings (SSSR count). The lowest BCUT2D eigenvalue weighted by atomic mass is 10.5. The van der Waals surface area contributed by atoms with Gasteiger partial charge in [-0.3, -0.25) is 9.69 Å². The third-order valence-corrected chi connectivity index (χ3v) is 0.962. The number of carbonyl (C=O) groups is 2. The third kappa shape index (κ3) is 2.12. The van der Waals surface area contributed by atoms with E-state index in [1.807, 2.05) is 0 Å². The number of primary amides is 1. The van der Waals surface area contributed by atoms with Gasteiger partial charge in [0.25, 0.3) is 0 Å². The van der Waals surface area contributed by atoms with Gasteiger partial charge in [-0.25, -0.2) is 4.79 Å². The van der Waals surface area contributed by atoms with Crippen molar-refractivity contribution in [3.8, 4) is 0 Å². The SMILES string of the molecule is CCN(C(C)=O)C(N)=O. The van der Waals surface area contributed by atoms with Gasteiger partial charge in [-0.2, -0.15) is 0 Å². The second-order valence-corrected chi connectivity index (χ2v) is 1.60. The summed E-state index contributed by atoms with van der Waals surface area (Å²) in [6.45, 7) is 3.32. The van der Waals surface area contributed by atoms with Crippen molar-refractivity contribution in [2.45, 2.75) is 13.8 Å². The second kappa shape index (κ2) is 3.06. The van der Waals surface area contributed by atoms with Crippen molar-refractivity contribution in [3.05, 3.63) is 0 Å². The van der Waals surface area contributed by atoms with Gasteiger partial charge >= 0.3 is 6.03 Å². The number of nitrogens with two attached hydrogens (primary N) is 1. The molecule has 52 valence electrons. The predicted octanol–water partition coefficient (Wildman–Crippen LogP) is -0.0665. The Hall–Kier alpha value is -1.06. The fraction of sp³-hybridized carbons (Fsp3) is 0.600. The van der Waals surface area contributed by atoms with Gasteiger partial charge < -0.3 is 5.73 Å². The molecule has 0 heterocycles. The molecule has 0 saturated carbocycles. The van der Waals surface area contributed by atoms with E-state index < -0.39 is 6.03 Å². The topological polar surface area (TPSA) is 63.4 Å². The Morgan fingerprint density at radius 1 is 1.56 bits per heavy atom. The van der Waals surface area contributed by atoms with Gasteiger partial charge in [0.2, 0.25) is 5.91 Å². The number of imide groups is 1. The zero-order chi connectivity index (χ0) is 7.44. The average Bonchev–Trinajstić information content (AvgIpc) is 1.64. The largest absolute Gasteiger partial charge is 0.351 e. The monoisotopic (exact) mass is 130 g/mol. The number of nitrogens with zero attached hydrogens (tertiary/aromatic N) is 1. The molecule has 0 atom stereocenters. The minimum atomic E-state index is -0.690. The Labute approximate surface area is 53.6 Å². The van der Waals surface area contributed by atoms with Crippen molar-refractivity contribution in [1.29, 1.82) is 0 Å². The Kier molecular flexibility index (Phi) is 2.70. The first-order chi connectivity index (χ1) is 4.09. The van der Waals surface area contributed by atoms with Crippen LogP contribution < -0.4 is 5.73 Å². The molecule has 0 radical (unpaired) electrons. The van der Waals surface area contributed by atoms with Crippen molar-refractivity contribution in [2.24, 2.45) is 5.73 Å². The molecule has 0 bridgehead atoms. The fourth-order valence-electron chi connectivity index (χ4n) is 0.534. The summed E-state index contributed by atoms with van der Waals surface area (Å²) in [6, 6.07) is -0.690. The molecule has 0 aliphatic rings. The van der Waals surface area contributed by atoms with Crippen LogP contribution in [-0.4, -0.2) is 23.4 Å². The Morgan fingerprint density at radius 3 is 2.00 bits per heavy atom. The van der Waals surface area contributed by atoms with E-state index in [-0.39, 0.29) is 5.91 Å². The maximum atomic E-state index is 10.4.